The third-order valence-electron chi connectivity index (χ3n) is 3.20. The first-order valence-electron chi connectivity index (χ1n) is 7.16. The maximum atomic E-state index is 12.1. The molecule has 0 aromatic heterocycles. The van der Waals surface area contributed by atoms with Crippen LogP contribution in [0.4, 0.5) is 5.69 Å². The largest absolute Gasteiger partial charge is 0.495 e. The van der Waals surface area contributed by atoms with Gasteiger partial charge in [-0.25, -0.2) is 5.43 Å². The smallest absolute Gasteiger partial charge is 0.265 e. The lowest BCUT2D eigenvalue weighted by Crippen LogP contribution is -2.48. The van der Waals surface area contributed by atoms with Gasteiger partial charge in [-0.05, 0) is 31.2 Å². The standard InChI is InChI=1S/C17H19N3O3/c1-12(19-20-17(22)13-8-4-3-5-9-13)16(21)18-14-10-6-7-11-15(14)23-2/h3-12,19H,1-2H3,(H,18,21)(H,20,22)/t12-/m0/s1. The Kier molecular flexibility index (Phi) is 5.71. The molecular weight excluding hydrogens is 294 g/mol. The Labute approximate surface area is 134 Å². The van der Waals surface area contributed by atoms with Gasteiger partial charge in [-0.2, -0.15) is 0 Å². The molecule has 3 N–H and O–H groups in total. The van der Waals surface area contributed by atoms with E-state index in [2.05, 4.69) is 16.2 Å². The summed E-state index contributed by atoms with van der Waals surface area (Å²) in [5.74, 6) is -0.0215. The van der Waals surface area contributed by atoms with Crippen LogP contribution in [0, 0.1) is 0 Å². The highest BCUT2D eigenvalue weighted by atomic mass is 16.5. The number of rotatable bonds is 6. The van der Waals surface area contributed by atoms with Crippen molar-refractivity contribution in [2.75, 3.05) is 12.4 Å². The zero-order chi connectivity index (χ0) is 16.7. The van der Waals surface area contributed by atoms with Crippen LogP contribution in [-0.4, -0.2) is 25.0 Å². The number of methoxy groups -OCH3 is 1. The van der Waals surface area contributed by atoms with Crippen LogP contribution in [-0.2, 0) is 4.79 Å². The number of amides is 2. The third-order valence-corrected chi connectivity index (χ3v) is 3.20. The predicted molar refractivity (Wildman–Crippen MR) is 88.1 cm³/mol. The van der Waals surface area contributed by atoms with Gasteiger partial charge in [0, 0.05) is 5.56 Å². The van der Waals surface area contributed by atoms with Crippen LogP contribution in [0.25, 0.3) is 0 Å². The van der Waals surface area contributed by atoms with E-state index in [0.717, 1.165) is 0 Å². The van der Waals surface area contributed by atoms with Crippen molar-refractivity contribution in [3.63, 3.8) is 0 Å². The van der Waals surface area contributed by atoms with E-state index in [4.69, 9.17) is 4.74 Å². The lowest BCUT2D eigenvalue weighted by atomic mass is 10.2. The molecule has 0 aliphatic carbocycles. The molecule has 2 aromatic carbocycles. The molecule has 0 saturated heterocycles. The molecule has 0 aliphatic rings. The van der Waals surface area contributed by atoms with E-state index in [1.54, 1.807) is 49.4 Å². The van der Waals surface area contributed by atoms with Crippen LogP contribution >= 0.6 is 0 Å². The molecule has 0 saturated carbocycles. The number of hydrogen-bond donors (Lipinski definition) is 3. The van der Waals surface area contributed by atoms with Gasteiger partial charge in [-0.3, -0.25) is 15.0 Å². The zero-order valence-corrected chi connectivity index (χ0v) is 13.0. The fraction of sp³-hybridized carbons (Fsp3) is 0.176. The number of para-hydroxylation sites is 2. The summed E-state index contributed by atoms with van der Waals surface area (Å²) >= 11 is 0. The summed E-state index contributed by atoms with van der Waals surface area (Å²) in [7, 11) is 1.53. The van der Waals surface area contributed by atoms with E-state index < -0.39 is 6.04 Å². The Bertz CT molecular complexity index is 674. The lowest BCUT2D eigenvalue weighted by molar-refractivity contribution is -0.117. The zero-order valence-electron chi connectivity index (χ0n) is 13.0. The van der Waals surface area contributed by atoms with Gasteiger partial charge in [0.25, 0.3) is 5.91 Å². The number of nitrogens with one attached hydrogen (secondary N) is 3. The Morgan fingerprint density at radius 3 is 2.35 bits per heavy atom. The molecule has 0 aliphatic heterocycles. The van der Waals surface area contributed by atoms with Crippen molar-refractivity contribution in [1.82, 2.24) is 10.9 Å². The van der Waals surface area contributed by atoms with E-state index in [0.29, 0.717) is 17.0 Å². The van der Waals surface area contributed by atoms with Crippen molar-refractivity contribution in [3.05, 3.63) is 60.2 Å². The minimum atomic E-state index is -0.618. The molecule has 6 nitrogen and oxygen atoms in total. The van der Waals surface area contributed by atoms with Gasteiger partial charge in [-0.15, -0.1) is 0 Å². The predicted octanol–water partition coefficient (Wildman–Crippen LogP) is 1.96. The molecule has 0 unspecified atom stereocenters. The molecule has 0 heterocycles. The molecule has 6 heteroatoms. The van der Waals surface area contributed by atoms with Crippen molar-refractivity contribution in [1.29, 1.82) is 0 Å². The van der Waals surface area contributed by atoms with Crippen LogP contribution in [0.1, 0.15) is 17.3 Å². The number of hydrazine groups is 1. The first-order chi connectivity index (χ1) is 11.1. The average Bonchev–Trinajstić information content (AvgIpc) is 2.60. The Balaban J connectivity index is 1.89. The van der Waals surface area contributed by atoms with E-state index >= 15 is 0 Å². The highest BCUT2D eigenvalue weighted by Crippen LogP contribution is 2.22. The lowest BCUT2D eigenvalue weighted by Gasteiger charge is -2.16. The second kappa shape index (κ2) is 7.95. The van der Waals surface area contributed by atoms with E-state index in [9.17, 15) is 9.59 Å². The number of benzene rings is 2. The highest BCUT2D eigenvalue weighted by Gasteiger charge is 2.15. The van der Waals surface area contributed by atoms with Gasteiger partial charge in [0.2, 0.25) is 5.91 Å². The Hall–Kier alpha value is -2.86. The summed E-state index contributed by atoms with van der Waals surface area (Å²) in [5, 5.41) is 2.75. The van der Waals surface area contributed by atoms with Gasteiger partial charge in [0.1, 0.15) is 11.8 Å². The number of hydrogen-bond acceptors (Lipinski definition) is 4. The topological polar surface area (TPSA) is 79.5 Å². The maximum Gasteiger partial charge on any atom is 0.265 e. The first kappa shape index (κ1) is 16.5. The first-order valence-corrected chi connectivity index (χ1v) is 7.16. The summed E-state index contributed by atoms with van der Waals surface area (Å²) in [6, 6.07) is 15.2. The summed E-state index contributed by atoms with van der Waals surface area (Å²) in [6.07, 6.45) is 0. The van der Waals surface area contributed by atoms with Gasteiger partial charge in [0.05, 0.1) is 12.8 Å². The van der Waals surface area contributed by atoms with Crippen molar-refractivity contribution < 1.29 is 14.3 Å². The van der Waals surface area contributed by atoms with Crippen molar-refractivity contribution in [2.24, 2.45) is 0 Å². The Morgan fingerprint density at radius 1 is 1.00 bits per heavy atom. The molecule has 1 atom stereocenters. The summed E-state index contributed by atoms with van der Waals surface area (Å²) in [6.45, 7) is 1.65. The molecule has 2 aromatic rings. The molecule has 0 bridgehead atoms. The van der Waals surface area contributed by atoms with Gasteiger partial charge >= 0.3 is 0 Å². The minimum Gasteiger partial charge on any atom is -0.495 e. The molecule has 0 spiro atoms. The van der Waals surface area contributed by atoms with Crippen LogP contribution in [0.15, 0.2) is 54.6 Å². The van der Waals surface area contributed by atoms with Crippen molar-refractivity contribution in [3.8, 4) is 5.75 Å². The molecule has 2 rings (SSSR count). The fourth-order valence-corrected chi connectivity index (χ4v) is 1.89. The van der Waals surface area contributed by atoms with Gasteiger partial charge in [-0.1, -0.05) is 30.3 Å². The van der Waals surface area contributed by atoms with Crippen molar-refractivity contribution >= 4 is 17.5 Å². The molecule has 2 amide bonds. The number of carbonyl (C=O) groups excluding carboxylic acids is 2. The third kappa shape index (κ3) is 4.55. The number of anilines is 1. The second-order valence-corrected chi connectivity index (χ2v) is 4.88. The van der Waals surface area contributed by atoms with E-state index in [-0.39, 0.29) is 11.8 Å². The SMILES string of the molecule is COc1ccccc1NC(=O)[C@H](C)NNC(=O)c1ccccc1. The van der Waals surface area contributed by atoms with Crippen LogP contribution in [0.2, 0.25) is 0 Å². The molecule has 0 fully saturated rings. The van der Waals surface area contributed by atoms with Gasteiger partial charge in [0.15, 0.2) is 0 Å². The monoisotopic (exact) mass is 313 g/mol. The van der Waals surface area contributed by atoms with E-state index in [1.807, 2.05) is 12.1 Å². The number of ether oxygens (including phenoxy) is 1. The number of carbonyl (C=O) groups is 2. The normalized spacial score (nSPS) is 11.4. The van der Waals surface area contributed by atoms with E-state index in [1.165, 1.54) is 7.11 Å². The summed E-state index contributed by atoms with van der Waals surface area (Å²) in [5.41, 5.74) is 6.28. The maximum absolute atomic E-state index is 12.1. The quantitative estimate of drug-likeness (QED) is 0.712. The average molecular weight is 313 g/mol. The minimum absolute atomic E-state index is 0.289. The molecule has 23 heavy (non-hydrogen) atoms. The molecule has 0 radical (unpaired) electrons. The van der Waals surface area contributed by atoms with Crippen molar-refractivity contribution in [2.45, 2.75) is 13.0 Å². The van der Waals surface area contributed by atoms with Crippen LogP contribution in [0.5, 0.6) is 5.75 Å². The summed E-state index contributed by atoms with van der Waals surface area (Å²) < 4.78 is 5.18. The van der Waals surface area contributed by atoms with Crippen LogP contribution in [0.3, 0.4) is 0 Å². The molecular formula is C17H19N3O3. The summed E-state index contributed by atoms with van der Waals surface area (Å²) in [4.78, 5) is 24.1. The van der Waals surface area contributed by atoms with Crippen LogP contribution < -0.4 is 20.9 Å². The second-order valence-electron chi connectivity index (χ2n) is 4.88. The van der Waals surface area contributed by atoms with Gasteiger partial charge < -0.3 is 10.1 Å². The highest BCUT2D eigenvalue weighted by molar-refractivity contribution is 5.97. The fourth-order valence-electron chi connectivity index (χ4n) is 1.89. The molecule has 120 valence electrons. The Morgan fingerprint density at radius 2 is 1.65 bits per heavy atom.